The van der Waals surface area contributed by atoms with Crippen molar-refractivity contribution in [1.82, 2.24) is 116 Å². The number of hydrogen-bond acceptors (Lipinski definition) is 30. The van der Waals surface area contributed by atoms with Gasteiger partial charge in [0.2, 0.25) is 23.7 Å². The number of anilines is 12. The largest absolute Gasteiger partial charge is 0.378 e. The molecule has 762 valence electrons. The minimum atomic E-state index is -2.86. The van der Waals surface area contributed by atoms with Gasteiger partial charge in [-0.05, 0) is 275 Å². The normalized spacial score (nSPS) is 17.9. The molecule has 35 nitrogen and oxygen atoms in total. The Balaban J connectivity index is 0.000000132. The predicted octanol–water partition coefficient (Wildman–Crippen LogP) is 19.3. The maximum atomic E-state index is 15.2. The maximum absolute atomic E-state index is 15.2. The summed E-state index contributed by atoms with van der Waals surface area (Å²) in [5.74, 6) is 9.41. The molecule has 11 N–H and O–H groups in total. The van der Waals surface area contributed by atoms with Crippen LogP contribution in [0.4, 0.5) is 78.6 Å². The van der Waals surface area contributed by atoms with E-state index >= 15 is 8.78 Å². The number of amides is 1. The monoisotopic (exact) mass is 2080 g/mol. The van der Waals surface area contributed by atoms with Gasteiger partial charge < -0.3 is 56.1 Å². The van der Waals surface area contributed by atoms with E-state index in [2.05, 4.69) is 196 Å². The van der Waals surface area contributed by atoms with E-state index in [1.807, 2.05) is 88.9 Å². The molecule has 0 spiro atoms. The number of nitrogens with zero attached hydrogens (tertiary/aromatic N) is 18. The third-order valence-corrected chi connectivity index (χ3v) is 30.8. The Hall–Kier alpha value is -11.5. The second-order valence-corrected chi connectivity index (χ2v) is 43.0. The highest BCUT2D eigenvalue weighted by atomic mass is 35.5. The van der Waals surface area contributed by atoms with Crippen LogP contribution in [0.25, 0.3) is 0 Å². The molecule has 4 aromatic carbocycles. The average molecular weight is 2090 g/mol. The summed E-state index contributed by atoms with van der Waals surface area (Å²) in [6, 6.07) is 23.6. The van der Waals surface area contributed by atoms with E-state index in [0.717, 1.165) is 195 Å². The molecule has 7 aliphatic heterocycles. The number of aromatic amines is 4. The van der Waals surface area contributed by atoms with Crippen molar-refractivity contribution in [2.75, 3.05) is 129 Å². The molecule has 1 unspecified atom stereocenters. The Kier molecular flexibility index (Phi) is 33.8. The molecule has 13 aromatic rings. The van der Waals surface area contributed by atoms with Gasteiger partial charge in [-0.1, -0.05) is 95.2 Å². The SMILES string of the molecule is Cc1cc(Nc2nc(Cc3cc(C)c(C4CCN(C(=O)[C@@H]5COCCN5)CC4)cc3F)ncc2Cl)n[nH]1.Cc1cc(Nc2nc(Cc3cc(Cl)c(C4CCN(C5CCS(=O)(=O)C5)CC4)cc3C)ncc2Cl)n[nH]1.Cc1cc(Nc2nc(Nc3cc(C)c(C4CCN(C5COC5)CC4)cc3F)ncc2Cl)n[nH]1.Cc1cc(Nc2nc(Nc3cc(C)c(C4CCN(Cc5noc(C(C)C)n5)CC4)cc3C)ncc2Cl)n[nH]1. The van der Waals surface area contributed by atoms with Crippen molar-refractivity contribution in [3.05, 3.63) is 242 Å². The van der Waals surface area contributed by atoms with Crippen LogP contribution in [0.2, 0.25) is 25.1 Å². The minimum absolute atomic E-state index is 0.0932. The second-order valence-electron chi connectivity index (χ2n) is 38.7. The lowest BCUT2D eigenvalue weighted by Gasteiger charge is -2.41. The molecule has 16 heterocycles. The molecule has 20 rings (SSSR count). The van der Waals surface area contributed by atoms with Crippen LogP contribution in [-0.2, 0) is 43.5 Å². The van der Waals surface area contributed by atoms with Gasteiger partial charge in [0.1, 0.15) is 49.4 Å². The van der Waals surface area contributed by atoms with Crippen LogP contribution in [0.15, 0.2) is 102 Å². The Morgan fingerprint density at radius 1 is 0.444 bits per heavy atom. The van der Waals surface area contributed by atoms with E-state index in [0.29, 0.717) is 176 Å². The number of morpholine rings is 1. The Morgan fingerprint density at radius 3 is 1.35 bits per heavy atom. The van der Waals surface area contributed by atoms with Gasteiger partial charge in [0, 0.05) is 102 Å². The second kappa shape index (κ2) is 46.9. The molecule has 7 fully saturated rings. The summed E-state index contributed by atoms with van der Waals surface area (Å²) in [7, 11) is -2.86. The molecular formula is C101H122Cl5F2N29O6S. The first kappa shape index (κ1) is 104. The lowest BCUT2D eigenvalue weighted by atomic mass is 9.85. The molecule has 43 heteroatoms. The van der Waals surface area contributed by atoms with Crippen LogP contribution in [0.5, 0.6) is 0 Å². The lowest BCUT2D eigenvalue weighted by Crippen LogP contribution is -2.53. The van der Waals surface area contributed by atoms with Gasteiger partial charge in [-0.15, -0.1) is 0 Å². The molecular weight excluding hydrogens is 1960 g/mol. The number of aryl methyl sites for hydroxylation is 9. The van der Waals surface area contributed by atoms with E-state index in [1.54, 1.807) is 24.5 Å². The summed E-state index contributed by atoms with van der Waals surface area (Å²) >= 11 is 31.9. The first-order chi connectivity index (χ1) is 69.2. The number of H-pyrrole nitrogens is 4. The van der Waals surface area contributed by atoms with Crippen LogP contribution in [0.1, 0.15) is 209 Å². The number of halogens is 7. The number of piperidine rings is 4. The number of carbonyl (C=O) groups is 1. The number of nitrogens with one attached hydrogen (secondary N) is 11. The summed E-state index contributed by atoms with van der Waals surface area (Å²) in [4.78, 5) is 61.8. The third-order valence-electron chi connectivity index (χ3n) is 27.6. The number of sulfone groups is 1. The highest BCUT2D eigenvalue weighted by Crippen LogP contribution is 2.42. The van der Waals surface area contributed by atoms with E-state index in [4.69, 9.17) is 72.0 Å². The zero-order chi connectivity index (χ0) is 101. The fraction of sp³-hybridized carbons (Fsp3) is 0.455. The lowest BCUT2D eigenvalue weighted by molar-refractivity contribution is -0.137. The van der Waals surface area contributed by atoms with Gasteiger partial charge in [-0.2, -0.15) is 35.3 Å². The van der Waals surface area contributed by atoms with Gasteiger partial charge in [-0.25, -0.2) is 47.1 Å². The molecule has 2 atom stereocenters. The standard InChI is InChI=1S/C27H34ClN9O.C26H31ClFN7O2.C25H30Cl2N6O2S.C23H27ClFN7O/c1-15(2)26-32-24(36-38-26)14-37-8-6-19(7-9-37)20-10-17(4)22(11-16(20)3)30-27-29-13-21(28)25(33-27)31-23-12-18(5)34-35-23;1-15-9-18(11-23-30-13-20(27)25(31-23)32-24-10-16(2)33-34-24)21(28)12-19(15)17-3-6-35(7-4-17)26(36)22-14-37-8-5-29-22;1-15-9-20(17-3-6-33(7-4-17)19-5-8-36(34,35)14-19)21(26)11-18(15)12-23-28-13-22(27)25(29-23)30-24-10-16(2)31-32-24;1-13-7-20(19(25)9-17(13)15-3-5-32(6-4-15)16-11-33-12-16)27-23-26-10-18(24)22(29-23)28-21-8-14(2)30-31-21/h10-13,15,19H,6-9,14H2,1-5H3,(H3,29,30,31,33,34,35);9-10,12-13,17,22,29H,3-8,11,14H2,1-2H3,(H2,30,31,32,33,34);9-11,13,17,19H,3-8,12,14H2,1-2H3,(H2,28,29,30,31,32);7-10,15-16H,3-6,11-12H2,1-2H3,(H3,26,27,28,29,30,31)/t;22-;;/m.0../s1. The molecule has 0 bridgehead atoms. The smallest absolute Gasteiger partial charge is 0.242 e. The Bertz CT molecular complexity index is 6780. The Labute approximate surface area is 861 Å². The zero-order valence-corrected chi connectivity index (χ0v) is 87.1. The summed E-state index contributed by atoms with van der Waals surface area (Å²) in [6.07, 6.45) is 15.5. The number of benzene rings is 4. The highest BCUT2D eigenvalue weighted by Gasteiger charge is 2.38. The fourth-order valence-electron chi connectivity index (χ4n) is 19.6. The van der Waals surface area contributed by atoms with Crippen molar-refractivity contribution in [3.8, 4) is 0 Å². The molecule has 144 heavy (non-hydrogen) atoms. The van der Waals surface area contributed by atoms with Crippen LogP contribution in [0.3, 0.4) is 0 Å². The highest BCUT2D eigenvalue weighted by molar-refractivity contribution is 7.91. The number of rotatable bonds is 26. The fourth-order valence-corrected chi connectivity index (χ4v) is 22.2. The van der Waals surface area contributed by atoms with E-state index in [-0.39, 0.29) is 53.8 Å². The average Bonchev–Trinajstić information content (AvgIpc) is 1.47. The van der Waals surface area contributed by atoms with Gasteiger partial charge in [0.05, 0.1) is 81.0 Å². The summed E-state index contributed by atoms with van der Waals surface area (Å²) in [5.41, 5.74) is 16.9. The van der Waals surface area contributed by atoms with Crippen molar-refractivity contribution < 1.29 is 36.0 Å². The van der Waals surface area contributed by atoms with Crippen molar-refractivity contribution in [1.29, 1.82) is 0 Å². The number of carbonyl (C=O) groups excluding carboxylic acids is 1. The minimum Gasteiger partial charge on any atom is -0.378 e. The topological polar surface area (TPSA) is 424 Å². The predicted molar refractivity (Wildman–Crippen MR) is 557 cm³/mol. The van der Waals surface area contributed by atoms with Crippen LogP contribution in [-0.4, -0.2) is 240 Å². The summed E-state index contributed by atoms with van der Waals surface area (Å²) in [5, 5.41) is 56.6. The van der Waals surface area contributed by atoms with Crippen LogP contribution in [0, 0.1) is 73.9 Å². The van der Waals surface area contributed by atoms with E-state index in [1.165, 1.54) is 29.1 Å². The van der Waals surface area contributed by atoms with Crippen LogP contribution < -0.4 is 37.2 Å². The molecule has 0 aliphatic carbocycles. The maximum Gasteiger partial charge on any atom is 0.242 e. The number of likely N-dealkylation sites (tertiary alicyclic amines) is 4. The summed E-state index contributed by atoms with van der Waals surface area (Å²) in [6.45, 7) is 33.6. The zero-order valence-electron chi connectivity index (χ0n) is 82.5. The number of aromatic nitrogens is 18. The number of hydrogen-bond donors (Lipinski definition) is 11. The first-order valence-corrected chi connectivity index (χ1v) is 52.6. The van der Waals surface area contributed by atoms with Crippen molar-refractivity contribution in [3.63, 3.8) is 0 Å². The van der Waals surface area contributed by atoms with Crippen molar-refractivity contribution in [2.24, 2.45) is 0 Å². The van der Waals surface area contributed by atoms with E-state index < -0.39 is 9.84 Å². The first-order valence-electron chi connectivity index (χ1n) is 48.9. The van der Waals surface area contributed by atoms with E-state index in [9.17, 15) is 13.2 Å². The van der Waals surface area contributed by atoms with Gasteiger partial charge >= 0.3 is 0 Å². The third kappa shape index (κ3) is 26.6. The molecule has 7 aliphatic rings. The van der Waals surface area contributed by atoms with Gasteiger partial charge in [-0.3, -0.25) is 39.9 Å². The molecule has 0 saturated carbocycles. The molecule has 9 aromatic heterocycles. The van der Waals surface area contributed by atoms with Gasteiger partial charge in [0.15, 0.2) is 62.2 Å². The van der Waals surface area contributed by atoms with Crippen molar-refractivity contribution in [2.45, 2.75) is 201 Å². The molecule has 0 radical (unpaired) electrons. The molecule has 1 amide bonds. The number of ether oxygens (including phenoxy) is 2. The van der Waals surface area contributed by atoms with Crippen molar-refractivity contribution >= 4 is 144 Å². The Morgan fingerprint density at radius 2 is 0.889 bits per heavy atom. The quantitative estimate of drug-likeness (QED) is 0.0240. The molecule has 7 saturated heterocycles. The summed E-state index contributed by atoms with van der Waals surface area (Å²) < 4.78 is 70.2. The van der Waals surface area contributed by atoms with Gasteiger partial charge in [0.25, 0.3) is 0 Å². The van der Waals surface area contributed by atoms with Crippen LogP contribution >= 0.6 is 58.0 Å².